The van der Waals surface area contributed by atoms with Gasteiger partial charge in [-0.2, -0.15) is 0 Å². The van der Waals surface area contributed by atoms with Crippen LogP contribution in [0, 0.1) is 10.8 Å². The second kappa shape index (κ2) is 5.05. The molecule has 0 aromatic carbocycles. The van der Waals surface area contributed by atoms with Crippen LogP contribution < -0.4 is 0 Å². The lowest BCUT2D eigenvalue weighted by Crippen LogP contribution is -2.64. The zero-order valence-electron chi connectivity index (χ0n) is 13.9. The molecule has 0 aliphatic heterocycles. The first-order valence-electron chi connectivity index (χ1n) is 7.36. The summed E-state index contributed by atoms with van der Waals surface area (Å²) in [6.45, 7) is 13.7. The van der Waals surface area contributed by atoms with E-state index in [9.17, 15) is 14.7 Å². The van der Waals surface area contributed by atoms with E-state index in [1.807, 2.05) is 13.8 Å². The van der Waals surface area contributed by atoms with Crippen molar-refractivity contribution < 1.29 is 14.7 Å². The van der Waals surface area contributed by atoms with E-state index in [0.29, 0.717) is 12.8 Å². The normalized spacial score (nSPS) is 23.4. The van der Waals surface area contributed by atoms with Gasteiger partial charge < -0.3 is 10.0 Å². The Morgan fingerprint density at radius 1 is 1.00 bits per heavy atom. The number of carbonyl (C=O) groups excluding carboxylic acids is 1. The second-order valence-corrected chi connectivity index (χ2v) is 8.18. The topological polar surface area (TPSA) is 57.6 Å². The molecule has 0 aromatic heterocycles. The SMILES string of the molecule is CC(=O)N(C(C)C)C1(C(=O)O)CC(C)(C)CC(C)(C)C1. The average molecular weight is 283 g/mol. The molecular formula is C16H29NO3. The maximum absolute atomic E-state index is 12.1. The van der Waals surface area contributed by atoms with Crippen LogP contribution in [-0.2, 0) is 9.59 Å². The van der Waals surface area contributed by atoms with E-state index in [-0.39, 0.29) is 22.8 Å². The third kappa shape index (κ3) is 3.15. The largest absolute Gasteiger partial charge is 0.479 e. The molecule has 1 fully saturated rings. The predicted octanol–water partition coefficient (Wildman–Crippen LogP) is 3.30. The molecule has 1 aliphatic carbocycles. The number of amides is 1. The number of rotatable bonds is 3. The van der Waals surface area contributed by atoms with E-state index in [2.05, 4.69) is 27.7 Å². The fourth-order valence-electron chi connectivity index (χ4n) is 4.65. The van der Waals surface area contributed by atoms with Gasteiger partial charge in [-0.3, -0.25) is 4.79 Å². The van der Waals surface area contributed by atoms with E-state index >= 15 is 0 Å². The fraction of sp³-hybridized carbons (Fsp3) is 0.875. The average Bonchev–Trinajstić information content (AvgIpc) is 2.09. The van der Waals surface area contributed by atoms with Crippen molar-refractivity contribution in [3.05, 3.63) is 0 Å². The van der Waals surface area contributed by atoms with Crippen LogP contribution >= 0.6 is 0 Å². The van der Waals surface area contributed by atoms with Crippen LogP contribution in [0.25, 0.3) is 0 Å². The molecule has 116 valence electrons. The summed E-state index contributed by atoms with van der Waals surface area (Å²) in [4.78, 5) is 25.8. The Morgan fingerprint density at radius 2 is 1.40 bits per heavy atom. The van der Waals surface area contributed by atoms with E-state index in [1.54, 1.807) is 4.90 Å². The molecule has 0 spiro atoms. The molecule has 1 amide bonds. The zero-order valence-corrected chi connectivity index (χ0v) is 13.9. The van der Waals surface area contributed by atoms with Crippen LogP contribution in [0.5, 0.6) is 0 Å². The maximum atomic E-state index is 12.1. The van der Waals surface area contributed by atoms with Crippen LogP contribution in [0.2, 0.25) is 0 Å². The Morgan fingerprint density at radius 3 is 1.65 bits per heavy atom. The van der Waals surface area contributed by atoms with Crippen LogP contribution in [0.3, 0.4) is 0 Å². The molecule has 0 heterocycles. The predicted molar refractivity (Wildman–Crippen MR) is 79.4 cm³/mol. The summed E-state index contributed by atoms with van der Waals surface area (Å²) in [6, 6.07) is -0.117. The molecule has 1 rings (SSSR count). The molecule has 0 saturated heterocycles. The Labute approximate surface area is 122 Å². The maximum Gasteiger partial charge on any atom is 0.329 e. The van der Waals surface area contributed by atoms with Gasteiger partial charge in [0.15, 0.2) is 0 Å². The Kier molecular flexibility index (Phi) is 4.29. The van der Waals surface area contributed by atoms with E-state index in [0.717, 1.165) is 6.42 Å². The highest BCUT2D eigenvalue weighted by atomic mass is 16.4. The molecule has 1 saturated carbocycles. The number of hydrogen-bond donors (Lipinski definition) is 1. The van der Waals surface area contributed by atoms with Crippen LogP contribution in [-0.4, -0.2) is 33.5 Å². The summed E-state index contributed by atoms with van der Waals surface area (Å²) in [6.07, 6.45) is 1.99. The van der Waals surface area contributed by atoms with Gasteiger partial charge in [-0.1, -0.05) is 27.7 Å². The number of hydrogen-bond acceptors (Lipinski definition) is 2. The van der Waals surface area contributed by atoms with E-state index in [4.69, 9.17) is 0 Å². The molecule has 0 bridgehead atoms. The molecular weight excluding hydrogens is 254 g/mol. The van der Waals surface area contributed by atoms with E-state index in [1.165, 1.54) is 6.92 Å². The molecule has 4 heteroatoms. The minimum absolute atomic E-state index is 0.0945. The van der Waals surface area contributed by atoms with Crippen molar-refractivity contribution in [2.45, 2.75) is 79.3 Å². The minimum atomic E-state index is -1.09. The van der Waals surface area contributed by atoms with Gasteiger partial charge in [0.2, 0.25) is 5.91 Å². The first kappa shape index (κ1) is 17.0. The van der Waals surface area contributed by atoms with Crippen LogP contribution in [0.15, 0.2) is 0 Å². The lowest BCUT2D eigenvalue weighted by Gasteiger charge is -2.54. The number of carbonyl (C=O) groups is 2. The number of carboxylic acid groups (broad SMARTS) is 1. The van der Waals surface area contributed by atoms with Gasteiger partial charge in [0.25, 0.3) is 0 Å². The molecule has 1 N–H and O–H groups in total. The Bertz CT molecular complexity index is 394. The van der Waals surface area contributed by atoms with Gasteiger partial charge in [-0.15, -0.1) is 0 Å². The van der Waals surface area contributed by atoms with Gasteiger partial charge in [0, 0.05) is 13.0 Å². The number of aliphatic carboxylic acids is 1. The molecule has 1 aliphatic rings. The summed E-state index contributed by atoms with van der Waals surface area (Å²) in [7, 11) is 0. The minimum Gasteiger partial charge on any atom is -0.479 e. The van der Waals surface area contributed by atoms with Gasteiger partial charge >= 0.3 is 5.97 Å². The summed E-state index contributed by atoms with van der Waals surface area (Å²) < 4.78 is 0. The van der Waals surface area contributed by atoms with Crippen molar-refractivity contribution in [3.8, 4) is 0 Å². The first-order valence-corrected chi connectivity index (χ1v) is 7.36. The van der Waals surface area contributed by atoms with Gasteiger partial charge in [-0.05, 0) is 43.9 Å². The molecule has 4 nitrogen and oxygen atoms in total. The monoisotopic (exact) mass is 283 g/mol. The summed E-state index contributed by atoms with van der Waals surface area (Å²) in [5, 5.41) is 9.93. The van der Waals surface area contributed by atoms with Gasteiger partial charge in [0.05, 0.1) is 0 Å². The lowest BCUT2D eigenvalue weighted by molar-refractivity contribution is -0.172. The third-order valence-electron chi connectivity index (χ3n) is 4.21. The smallest absolute Gasteiger partial charge is 0.329 e. The summed E-state index contributed by atoms with van der Waals surface area (Å²) in [5.41, 5.74) is -1.28. The third-order valence-corrected chi connectivity index (χ3v) is 4.21. The number of carboxylic acids is 1. The second-order valence-electron chi connectivity index (χ2n) is 8.18. The molecule has 20 heavy (non-hydrogen) atoms. The van der Waals surface area contributed by atoms with Crippen LogP contribution in [0.4, 0.5) is 0 Å². The molecule has 0 unspecified atom stereocenters. The fourth-order valence-corrected chi connectivity index (χ4v) is 4.65. The van der Waals surface area contributed by atoms with Gasteiger partial charge in [-0.25, -0.2) is 4.79 Å². The van der Waals surface area contributed by atoms with E-state index < -0.39 is 11.5 Å². The molecule has 0 radical (unpaired) electrons. The van der Waals surface area contributed by atoms with Gasteiger partial charge in [0.1, 0.15) is 5.54 Å². The van der Waals surface area contributed by atoms with Crippen molar-refractivity contribution in [3.63, 3.8) is 0 Å². The Balaban J connectivity index is 3.41. The quantitative estimate of drug-likeness (QED) is 0.864. The van der Waals surface area contributed by atoms with Crippen molar-refractivity contribution in [1.29, 1.82) is 0 Å². The highest BCUT2D eigenvalue weighted by Gasteiger charge is 2.56. The standard InChI is InChI=1S/C16H29NO3/c1-11(2)17(12(3)18)16(13(19)20)9-14(4,5)8-15(6,7)10-16/h11H,8-10H2,1-7H3,(H,19,20). The van der Waals surface area contributed by atoms with Crippen molar-refractivity contribution in [1.82, 2.24) is 4.90 Å². The van der Waals surface area contributed by atoms with Crippen LogP contribution in [0.1, 0.15) is 67.7 Å². The lowest BCUT2D eigenvalue weighted by atomic mass is 9.57. The summed E-state index contributed by atoms with van der Waals surface area (Å²) >= 11 is 0. The number of nitrogens with zero attached hydrogens (tertiary/aromatic N) is 1. The molecule has 0 atom stereocenters. The van der Waals surface area contributed by atoms with Crippen molar-refractivity contribution >= 4 is 11.9 Å². The van der Waals surface area contributed by atoms with Crippen molar-refractivity contribution in [2.75, 3.05) is 0 Å². The Hall–Kier alpha value is -1.06. The zero-order chi connectivity index (χ0) is 15.9. The van der Waals surface area contributed by atoms with Crippen molar-refractivity contribution in [2.24, 2.45) is 10.8 Å². The highest BCUT2D eigenvalue weighted by Crippen LogP contribution is 2.52. The summed E-state index contributed by atoms with van der Waals surface area (Å²) in [5.74, 6) is -1.03. The first-order chi connectivity index (χ1) is 8.83. The highest BCUT2D eigenvalue weighted by molar-refractivity contribution is 5.86. The molecule has 0 aromatic rings.